The minimum Gasteiger partial charge on any atom is -0.456 e. The maximum absolute atomic E-state index is 10.9. The molecular weight excluding hydrogens is 248 g/mol. The van der Waals surface area contributed by atoms with Crippen LogP contribution < -0.4 is 0 Å². The molecule has 1 N–H and O–H groups in total. The van der Waals surface area contributed by atoms with Crippen molar-refractivity contribution in [1.82, 2.24) is 0 Å². The molecule has 0 saturated heterocycles. The second kappa shape index (κ2) is 3.75. The monoisotopic (exact) mass is 264 g/mol. The van der Waals surface area contributed by atoms with Crippen molar-refractivity contribution in [2.45, 2.75) is 38.7 Å². The molecule has 0 bridgehead atoms. The molecule has 0 radical (unpaired) electrons. The average molecular weight is 265 g/mol. The van der Waals surface area contributed by atoms with Crippen LogP contribution in [0.25, 0.3) is 11.0 Å². The van der Waals surface area contributed by atoms with Crippen molar-refractivity contribution < 1.29 is 9.52 Å². The molecule has 18 heavy (non-hydrogen) atoms. The van der Waals surface area contributed by atoms with Crippen LogP contribution in [0.2, 0.25) is 5.02 Å². The van der Waals surface area contributed by atoms with E-state index in [0.717, 1.165) is 24.6 Å². The Morgan fingerprint density at radius 3 is 2.67 bits per heavy atom. The molecule has 1 fully saturated rings. The smallest absolute Gasteiger partial charge is 0.153 e. The first-order chi connectivity index (χ1) is 8.44. The largest absolute Gasteiger partial charge is 0.456 e. The van der Waals surface area contributed by atoms with Crippen LogP contribution in [0.1, 0.15) is 38.9 Å². The third kappa shape index (κ3) is 1.52. The quantitative estimate of drug-likeness (QED) is 0.824. The van der Waals surface area contributed by atoms with E-state index in [9.17, 15) is 5.11 Å². The molecule has 1 aromatic carbocycles. The molecule has 1 aliphatic carbocycles. The van der Waals surface area contributed by atoms with Crippen LogP contribution in [0.5, 0.6) is 0 Å². The van der Waals surface area contributed by atoms with Gasteiger partial charge in [-0.25, -0.2) is 0 Å². The summed E-state index contributed by atoms with van der Waals surface area (Å²) < 4.78 is 5.84. The maximum Gasteiger partial charge on any atom is 0.153 e. The Morgan fingerprint density at radius 2 is 2.06 bits per heavy atom. The lowest BCUT2D eigenvalue weighted by atomic mass is 9.76. The molecule has 1 unspecified atom stereocenters. The van der Waals surface area contributed by atoms with Gasteiger partial charge in [0.25, 0.3) is 0 Å². The van der Waals surface area contributed by atoms with E-state index in [2.05, 4.69) is 13.8 Å². The number of aliphatic hydroxyl groups is 1. The molecule has 1 aromatic heterocycles. The number of rotatable bonds is 1. The van der Waals surface area contributed by atoms with Gasteiger partial charge in [0.1, 0.15) is 11.4 Å². The number of halogens is 1. The van der Waals surface area contributed by atoms with E-state index in [1.165, 1.54) is 0 Å². The highest BCUT2D eigenvalue weighted by Crippen LogP contribution is 2.53. The Labute approximate surface area is 112 Å². The Morgan fingerprint density at radius 1 is 1.28 bits per heavy atom. The Kier molecular flexibility index (Phi) is 2.51. The van der Waals surface area contributed by atoms with Crippen LogP contribution in [0.3, 0.4) is 0 Å². The maximum atomic E-state index is 10.9. The van der Waals surface area contributed by atoms with Crippen molar-refractivity contribution in [2.24, 2.45) is 5.41 Å². The molecule has 1 saturated carbocycles. The number of hydrogen-bond acceptors (Lipinski definition) is 2. The van der Waals surface area contributed by atoms with E-state index in [0.29, 0.717) is 16.4 Å². The third-order valence-electron chi connectivity index (χ3n) is 4.36. The van der Waals surface area contributed by atoms with Crippen LogP contribution in [-0.4, -0.2) is 5.11 Å². The van der Waals surface area contributed by atoms with E-state index < -0.39 is 5.60 Å². The number of hydrogen-bond donors (Lipinski definition) is 1. The predicted molar refractivity (Wildman–Crippen MR) is 72.8 cm³/mol. The lowest BCUT2D eigenvalue weighted by Gasteiger charge is -2.34. The zero-order chi connectivity index (χ0) is 13.0. The van der Waals surface area contributed by atoms with Crippen molar-refractivity contribution in [3.05, 3.63) is 35.0 Å². The molecule has 3 rings (SSSR count). The minimum absolute atomic E-state index is 0.159. The standard InChI is InChI=1S/C15H17ClO2/c1-14(2)7-4-8-15(14,17)12-9-10-5-3-6-11(16)13(10)18-12/h3,5-6,9,17H,4,7-8H2,1-2H3. The molecule has 3 heteroatoms. The highest BCUT2D eigenvalue weighted by atomic mass is 35.5. The van der Waals surface area contributed by atoms with E-state index >= 15 is 0 Å². The second-order valence-electron chi connectivity index (χ2n) is 5.87. The van der Waals surface area contributed by atoms with Crippen molar-refractivity contribution in [1.29, 1.82) is 0 Å². The molecule has 1 heterocycles. The van der Waals surface area contributed by atoms with Gasteiger partial charge in [-0.1, -0.05) is 37.6 Å². The Bertz CT molecular complexity index is 600. The first kappa shape index (κ1) is 12.1. The number of fused-ring (bicyclic) bond motifs is 1. The summed E-state index contributed by atoms with van der Waals surface area (Å²) in [5, 5.41) is 12.5. The fourth-order valence-corrected chi connectivity index (χ4v) is 3.24. The summed E-state index contributed by atoms with van der Waals surface area (Å²) in [4.78, 5) is 0. The normalized spacial score (nSPS) is 26.9. The highest BCUT2D eigenvalue weighted by Gasteiger charge is 2.50. The van der Waals surface area contributed by atoms with Gasteiger partial charge in [-0.15, -0.1) is 0 Å². The molecule has 0 aliphatic heterocycles. The number of furan rings is 1. The third-order valence-corrected chi connectivity index (χ3v) is 4.66. The van der Waals surface area contributed by atoms with Gasteiger partial charge in [0.15, 0.2) is 5.58 Å². The molecule has 96 valence electrons. The lowest BCUT2D eigenvalue weighted by molar-refractivity contribution is -0.0643. The zero-order valence-electron chi connectivity index (χ0n) is 10.7. The topological polar surface area (TPSA) is 33.4 Å². The second-order valence-corrected chi connectivity index (χ2v) is 6.27. The first-order valence-corrected chi connectivity index (χ1v) is 6.73. The molecule has 0 amide bonds. The Hall–Kier alpha value is -0.990. The summed E-state index contributed by atoms with van der Waals surface area (Å²) in [6.07, 6.45) is 2.78. The zero-order valence-corrected chi connectivity index (χ0v) is 11.4. The number of benzene rings is 1. The van der Waals surface area contributed by atoms with Crippen molar-refractivity contribution in [2.75, 3.05) is 0 Å². The van der Waals surface area contributed by atoms with Gasteiger partial charge < -0.3 is 9.52 Å². The summed E-state index contributed by atoms with van der Waals surface area (Å²) in [6.45, 7) is 4.18. The van der Waals surface area contributed by atoms with Gasteiger partial charge in [-0.05, 0) is 31.4 Å². The van der Waals surface area contributed by atoms with Gasteiger partial charge in [0.05, 0.1) is 5.02 Å². The molecular formula is C15H17ClO2. The molecule has 1 atom stereocenters. The molecule has 1 aliphatic rings. The number of para-hydroxylation sites is 1. The minimum atomic E-state index is -0.880. The molecule has 2 aromatic rings. The van der Waals surface area contributed by atoms with E-state index in [-0.39, 0.29) is 5.41 Å². The Balaban J connectivity index is 2.18. The van der Waals surface area contributed by atoms with Gasteiger partial charge >= 0.3 is 0 Å². The van der Waals surface area contributed by atoms with Crippen LogP contribution in [0.4, 0.5) is 0 Å². The summed E-state index contributed by atoms with van der Waals surface area (Å²) in [6, 6.07) is 7.59. The summed E-state index contributed by atoms with van der Waals surface area (Å²) in [7, 11) is 0. The fourth-order valence-electron chi connectivity index (χ4n) is 3.02. The van der Waals surface area contributed by atoms with Crippen molar-refractivity contribution in [3.8, 4) is 0 Å². The van der Waals surface area contributed by atoms with Gasteiger partial charge in [-0.3, -0.25) is 0 Å². The van der Waals surface area contributed by atoms with Crippen LogP contribution in [-0.2, 0) is 5.60 Å². The van der Waals surface area contributed by atoms with Crippen LogP contribution >= 0.6 is 11.6 Å². The van der Waals surface area contributed by atoms with Crippen LogP contribution in [0.15, 0.2) is 28.7 Å². The molecule has 0 spiro atoms. The molecule has 2 nitrogen and oxygen atoms in total. The van der Waals surface area contributed by atoms with Crippen molar-refractivity contribution >= 4 is 22.6 Å². The predicted octanol–water partition coefficient (Wildman–Crippen LogP) is 4.48. The van der Waals surface area contributed by atoms with E-state index in [4.69, 9.17) is 16.0 Å². The fraction of sp³-hybridized carbons (Fsp3) is 0.467. The average Bonchev–Trinajstić information content (AvgIpc) is 2.83. The van der Waals surface area contributed by atoms with Gasteiger partial charge in [-0.2, -0.15) is 0 Å². The van der Waals surface area contributed by atoms with Gasteiger partial charge in [0.2, 0.25) is 0 Å². The van der Waals surface area contributed by atoms with E-state index in [1.807, 2.05) is 18.2 Å². The SMILES string of the molecule is CC1(C)CCCC1(O)c1cc2cccc(Cl)c2o1. The van der Waals surface area contributed by atoms with Gasteiger partial charge in [0, 0.05) is 10.8 Å². The highest BCUT2D eigenvalue weighted by molar-refractivity contribution is 6.34. The lowest BCUT2D eigenvalue weighted by Crippen LogP contribution is -2.36. The summed E-state index contributed by atoms with van der Waals surface area (Å²) in [5.41, 5.74) is -0.367. The summed E-state index contributed by atoms with van der Waals surface area (Å²) >= 11 is 6.12. The van der Waals surface area contributed by atoms with Crippen LogP contribution in [0, 0.1) is 5.41 Å². The summed E-state index contributed by atoms with van der Waals surface area (Å²) in [5.74, 6) is 0.646. The first-order valence-electron chi connectivity index (χ1n) is 6.35. The van der Waals surface area contributed by atoms with Crippen molar-refractivity contribution in [3.63, 3.8) is 0 Å². The van der Waals surface area contributed by atoms with E-state index in [1.54, 1.807) is 6.07 Å².